The summed E-state index contributed by atoms with van der Waals surface area (Å²) in [4.78, 5) is 18.0. The van der Waals surface area contributed by atoms with Crippen LogP contribution in [0.15, 0.2) is 85.1 Å². The minimum absolute atomic E-state index is 0.0328. The number of methoxy groups -OCH3 is 1. The highest BCUT2D eigenvalue weighted by molar-refractivity contribution is 5.87. The molecule has 0 saturated carbocycles. The Bertz CT molecular complexity index is 1290. The number of hydrogen-bond donors (Lipinski definition) is 0. The number of hydrogen-bond acceptors (Lipinski definition) is 3. The van der Waals surface area contributed by atoms with E-state index in [0.29, 0.717) is 6.42 Å². The number of fused-ring (bicyclic) bond motifs is 1. The van der Waals surface area contributed by atoms with Crippen LogP contribution in [-0.4, -0.2) is 60.1 Å². The fourth-order valence-corrected chi connectivity index (χ4v) is 5.32. The molecule has 1 atom stereocenters. The van der Waals surface area contributed by atoms with Gasteiger partial charge in [-0.3, -0.25) is 4.79 Å². The van der Waals surface area contributed by atoms with Crippen molar-refractivity contribution in [1.82, 2.24) is 14.4 Å². The fourth-order valence-electron chi connectivity index (χ4n) is 5.32. The Morgan fingerprint density at radius 3 is 2.28 bits per heavy atom. The first-order valence-corrected chi connectivity index (χ1v) is 12.9. The van der Waals surface area contributed by atoms with Gasteiger partial charge in [-0.05, 0) is 41.4 Å². The molecule has 4 aromatic rings. The number of piperazine rings is 1. The van der Waals surface area contributed by atoms with Crippen molar-refractivity contribution in [1.29, 1.82) is 0 Å². The molecule has 1 fully saturated rings. The summed E-state index contributed by atoms with van der Waals surface area (Å²) in [5.74, 6) is 1.02. The molecular formula is C31H35N3O2. The highest BCUT2D eigenvalue weighted by Gasteiger charge is 2.27. The molecule has 1 aliphatic heterocycles. The number of carbonyl (C=O) groups excluding carboxylic acids is 1. The van der Waals surface area contributed by atoms with E-state index in [1.165, 1.54) is 22.0 Å². The second-order valence-electron chi connectivity index (χ2n) is 9.56. The van der Waals surface area contributed by atoms with E-state index >= 15 is 0 Å². The van der Waals surface area contributed by atoms with Crippen molar-refractivity contribution in [2.45, 2.75) is 25.8 Å². The van der Waals surface area contributed by atoms with Crippen LogP contribution in [0.25, 0.3) is 10.9 Å². The molecule has 2 heterocycles. The number of para-hydroxylation sites is 1. The van der Waals surface area contributed by atoms with Crippen LogP contribution < -0.4 is 4.74 Å². The van der Waals surface area contributed by atoms with Crippen LogP contribution in [-0.2, 0) is 11.3 Å². The van der Waals surface area contributed by atoms with Gasteiger partial charge in [0.25, 0.3) is 0 Å². The highest BCUT2D eigenvalue weighted by atomic mass is 16.5. The second-order valence-corrected chi connectivity index (χ2v) is 9.56. The number of aromatic nitrogens is 1. The number of nitrogens with zero attached hydrogens (tertiary/aromatic N) is 3. The standard InChI is InChI=1S/C31H35N3O2/c1-3-32-17-19-33(20-18-32)31(35)21-28(25-13-15-26(36-2)16-14-25)29-23-34(22-24-9-5-4-6-10-24)30-12-8-7-11-27(29)30/h4-16,23,28H,3,17-22H2,1-2H3/t28-/m0/s1. The first-order chi connectivity index (χ1) is 17.7. The summed E-state index contributed by atoms with van der Waals surface area (Å²) < 4.78 is 7.73. The highest BCUT2D eigenvalue weighted by Crippen LogP contribution is 2.36. The van der Waals surface area contributed by atoms with Crippen LogP contribution in [0.5, 0.6) is 5.75 Å². The lowest BCUT2D eigenvalue weighted by Crippen LogP contribution is -2.48. The normalized spacial score (nSPS) is 15.2. The summed E-state index contributed by atoms with van der Waals surface area (Å²) in [5, 5.41) is 1.21. The lowest BCUT2D eigenvalue weighted by molar-refractivity contribution is -0.133. The molecule has 36 heavy (non-hydrogen) atoms. The molecule has 5 heteroatoms. The van der Waals surface area contributed by atoms with E-state index in [0.717, 1.165) is 50.6 Å². The van der Waals surface area contributed by atoms with Gasteiger partial charge in [0.2, 0.25) is 5.91 Å². The minimum Gasteiger partial charge on any atom is -0.497 e. The van der Waals surface area contributed by atoms with Crippen LogP contribution in [0.3, 0.4) is 0 Å². The van der Waals surface area contributed by atoms with Gasteiger partial charge in [0.05, 0.1) is 7.11 Å². The topological polar surface area (TPSA) is 37.7 Å². The van der Waals surface area contributed by atoms with Crippen molar-refractivity contribution >= 4 is 16.8 Å². The average molecular weight is 482 g/mol. The Hall–Kier alpha value is -3.57. The molecule has 1 aliphatic rings. The maximum atomic E-state index is 13.6. The van der Waals surface area contributed by atoms with Gasteiger partial charge in [-0.2, -0.15) is 0 Å². The Kier molecular flexibility index (Phi) is 7.38. The number of rotatable bonds is 8. The zero-order chi connectivity index (χ0) is 24.9. The van der Waals surface area contributed by atoms with Gasteiger partial charge in [-0.1, -0.05) is 67.6 Å². The van der Waals surface area contributed by atoms with E-state index in [-0.39, 0.29) is 11.8 Å². The maximum absolute atomic E-state index is 13.6. The molecule has 1 saturated heterocycles. The molecule has 0 bridgehead atoms. The summed E-state index contributed by atoms with van der Waals surface area (Å²) in [6.45, 7) is 7.52. The Balaban J connectivity index is 1.51. The summed E-state index contributed by atoms with van der Waals surface area (Å²) in [6, 6.07) is 27.3. The molecule has 5 rings (SSSR count). The summed E-state index contributed by atoms with van der Waals surface area (Å²) in [6.07, 6.45) is 2.71. The first kappa shape index (κ1) is 24.1. The lowest BCUT2D eigenvalue weighted by atomic mass is 9.87. The van der Waals surface area contributed by atoms with Crippen molar-refractivity contribution < 1.29 is 9.53 Å². The Labute approximate surface area is 213 Å². The van der Waals surface area contributed by atoms with Crippen molar-refractivity contribution in [3.63, 3.8) is 0 Å². The zero-order valence-electron chi connectivity index (χ0n) is 21.3. The predicted molar refractivity (Wildman–Crippen MR) is 146 cm³/mol. The lowest BCUT2D eigenvalue weighted by Gasteiger charge is -2.34. The number of carbonyl (C=O) groups is 1. The number of amides is 1. The van der Waals surface area contributed by atoms with Gasteiger partial charge in [0.15, 0.2) is 0 Å². The van der Waals surface area contributed by atoms with Crippen LogP contribution in [0, 0.1) is 0 Å². The number of benzene rings is 3. The van der Waals surface area contributed by atoms with Gasteiger partial charge >= 0.3 is 0 Å². The van der Waals surface area contributed by atoms with Gasteiger partial charge in [-0.15, -0.1) is 0 Å². The molecule has 1 amide bonds. The molecule has 186 valence electrons. The second kappa shape index (κ2) is 11.0. The zero-order valence-corrected chi connectivity index (χ0v) is 21.3. The summed E-state index contributed by atoms with van der Waals surface area (Å²) >= 11 is 0. The van der Waals surface area contributed by atoms with Crippen molar-refractivity contribution in [3.05, 3.63) is 102 Å². The van der Waals surface area contributed by atoms with Crippen LogP contribution in [0.1, 0.15) is 36.0 Å². The van der Waals surface area contributed by atoms with Crippen LogP contribution >= 0.6 is 0 Å². The van der Waals surface area contributed by atoms with Crippen molar-refractivity contribution in [2.24, 2.45) is 0 Å². The summed E-state index contributed by atoms with van der Waals surface area (Å²) in [5.41, 5.74) is 4.79. The smallest absolute Gasteiger partial charge is 0.223 e. The number of ether oxygens (including phenoxy) is 1. The monoisotopic (exact) mass is 481 g/mol. The van der Waals surface area contributed by atoms with Crippen molar-refractivity contribution in [2.75, 3.05) is 39.8 Å². The van der Waals surface area contributed by atoms with Gasteiger partial charge in [0, 0.05) is 62.2 Å². The predicted octanol–water partition coefficient (Wildman–Crippen LogP) is 5.38. The largest absolute Gasteiger partial charge is 0.497 e. The quantitative estimate of drug-likeness (QED) is 0.339. The van der Waals surface area contributed by atoms with E-state index in [1.807, 2.05) is 23.1 Å². The maximum Gasteiger partial charge on any atom is 0.223 e. The SMILES string of the molecule is CCN1CCN(C(=O)C[C@@H](c2ccc(OC)cc2)c2cn(Cc3ccccc3)c3ccccc23)CC1. The van der Waals surface area contributed by atoms with E-state index in [4.69, 9.17) is 4.74 Å². The molecule has 5 nitrogen and oxygen atoms in total. The van der Waals surface area contributed by atoms with Gasteiger partial charge in [0.1, 0.15) is 5.75 Å². The third-order valence-corrected chi connectivity index (χ3v) is 7.46. The van der Waals surface area contributed by atoms with E-state index < -0.39 is 0 Å². The first-order valence-electron chi connectivity index (χ1n) is 12.9. The summed E-state index contributed by atoms with van der Waals surface area (Å²) in [7, 11) is 1.68. The molecule has 0 aliphatic carbocycles. The van der Waals surface area contributed by atoms with Crippen molar-refractivity contribution in [3.8, 4) is 5.75 Å². The van der Waals surface area contributed by atoms with E-state index in [1.54, 1.807) is 7.11 Å². The van der Waals surface area contributed by atoms with Crippen LogP contribution in [0.4, 0.5) is 0 Å². The van der Waals surface area contributed by atoms with Gasteiger partial charge in [-0.25, -0.2) is 0 Å². The molecular weight excluding hydrogens is 446 g/mol. The third kappa shape index (κ3) is 5.17. The average Bonchev–Trinajstić information content (AvgIpc) is 3.30. The third-order valence-electron chi connectivity index (χ3n) is 7.46. The van der Waals surface area contributed by atoms with Gasteiger partial charge < -0.3 is 19.1 Å². The van der Waals surface area contributed by atoms with Crippen LogP contribution in [0.2, 0.25) is 0 Å². The van der Waals surface area contributed by atoms with E-state index in [9.17, 15) is 4.79 Å². The number of likely N-dealkylation sites (N-methyl/N-ethyl adjacent to an activating group) is 1. The Morgan fingerprint density at radius 2 is 1.58 bits per heavy atom. The molecule has 3 aromatic carbocycles. The molecule has 1 aromatic heterocycles. The minimum atomic E-state index is -0.0328. The Morgan fingerprint density at radius 1 is 0.889 bits per heavy atom. The molecule has 0 unspecified atom stereocenters. The molecule has 0 radical (unpaired) electrons. The fraction of sp³-hybridized carbons (Fsp3) is 0.323. The molecule has 0 N–H and O–H groups in total. The van der Waals surface area contributed by atoms with E-state index in [2.05, 4.69) is 83.3 Å². The molecule has 0 spiro atoms.